The number of benzene rings is 2. The molecule has 0 bridgehead atoms. The number of fused-ring (bicyclic) bond motifs is 2. The number of H-pyrrole nitrogens is 1. The van der Waals surface area contributed by atoms with Gasteiger partial charge in [-0.05, 0) is 50.2 Å². The van der Waals surface area contributed by atoms with E-state index in [1.165, 1.54) is 0 Å². The highest BCUT2D eigenvalue weighted by atomic mass is 35.5. The summed E-state index contributed by atoms with van der Waals surface area (Å²) in [6.45, 7) is 3.96. The first-order chi connectivity index (χ1) is 13.4. The van der Waals surface area contributed by atoms with E-state index >= 15 is 0 Å². The summed E-state index contributed by atoms with van der Waals surface area (Å²) in [5.41, 5.74) is 0.958. The number of carbonyl (C=O) groups is 1. The predicted octanol–water partition coefficient (Wildman–Crippen LogP) is 4.37. The quantitative estimate of drug-likeness (QED) is 0.556. The number of furan rings is 1. The van der Waals surface area contributed by atoms with Crippen molar-refractivity contribution in [3.63, 3.8) is 0 Å². The Balaban J connectivity index is 1.68. The molecule has 0 spiro atoms. The van der Waals surface area contributed by atoms with Gasteiger partial charge in [-0.2, -0.15) is 0 Å². The molecule has 0 aliphatic rings. The number of aromatic nitrogens is 2. The molecular weight excluding hydrogens is 378 g/mol. The van der Waals surface area contributed by atoms with Crippen LogP contribution in [0.1, 0.15) is 30.2 Å². The average molecular weight is 396 g/mol. The summed E-state index contributed by atoms with van der Waals surface area (Å²) in [4.78, 5) is 34.2. The highest BCUT2D eigenvalue weighted by Gasteiger charge is 2.23. The summed E-state index contributed by atoms with van der Waals surface area (Å²) in [6.07, 6.45) is 0. The maximum atomic E-state index is 13.1. The van der Waals surface area contributed by atoms with Crippen LogP contribution in [0.15, 0.2) is 57.7 Å². The normalized spacial score (nSPS) is 11.4. The molecule has 0 radical (unpaired) electrons. The number of nitrogens with one attached hydrogen (secondary N) is 1. The standard InChI is InChI=1S/C21H18ClN3O3/c1-12(2)25(11-19-23-16-6-4-3-5-15(16)20(26)24-19)21(27)18-10-13-9-14(22)7-8-17(13)28-18/h3-10,12H,11H2,1-2H3,(H,23,24,26). The second-order valence-electron chi connectivity index (χ2n) is 6.85. The van der Waals surface area contributed by atoms with Crippen LogP contribution in [-0.2, 0) is 6.54 Å². The van der Waals surface area contributed by atoms with Crippen molar-refractivity contribution in [3.05, 3.63) is 75.5 Å². The van der Waals surface area contributed by atoms with Gasteiger partial charge in [0.05, 0.1) is 17.4 Å². The molecule has 0 fully saturated rings. The van der Waals surface area contributed by atoms with E-state index in [4.69, 9.17) is 16.0 Å². The third-order valence-corrected chi connectivity index (χ3v) is 4.79. The van der Waals surface area contributed by atoms with Crippen LogP contribution in [0.25, 0.3) is 21.9 Å². The molecule has 6 nitrogen and oxygen atoms in total. The van der Waals surface area contributed by atoms with E-state index in [0.717, 1.165) is 5.39 Å². The van der Waals surface area contributed by atoms with Crippen LogP contribution in [0.4, 0.5) is 0 Å². The topological polar surface area (TPSA) is 79.2 Å². The number of para-hydroxylation sites is 1. The van der Waals surface area contributed by atoms with Crippen LogP contribution in [0.5, 0.6) is 0 Å². The molecule has 1 N–H and O–H groups in total. The lowest BCUT2D eigenvalue weighted by Crippen LogP contribution is -2.37. The summed E-state index contributed by atoms with van der Waals surface area (Å²) in [7, 11) is 0. The lowest BCUT2D eigenvalue weighted by molar-refractivity contribution is 0.0654. The largest absolute Gasteiger partial charge is 0.451 e. The van der Waals surface area contributed by atoms with Gasteiger partial charge in [-0.15, -0.1) is 0 Å². The highest BCUT2D eigenvalue weighted by molar-refractivity contribution is 6.31. The number of nitrogens with zero attached hydrogens (tertiary/aromatic N) is 2. The molecule has 2 heterocycles. The Kier molecular flexibility index (Phi) is 4.65. The lowest BCUT2D eigenvalue weighted by atomic mass is 10.2. The third kappa shape index (κ3) is 3.39. The van der Waals surface area contributed by atoms with E-state index in [9.17, 15) is 9.59 Å². The molecule has 0 unspecified atom stereocenters. The molecule has 28 heavy (non-hydrogen) atoms. The monoisotopic (exact) mass is 395 g/mol. The zero-order chi connectivity index (χ0) is 19.8. The van der Waals surface area contributed by atoms with Gasteiger partial charge in [0.15, 0.2) is 5.76 Å². The Morgan fingerprint density at radius 3 is 2.79 bits per heavy atom. The molecule has 4 rings (SSSR count). The molecule has 0 atom stereocenters. The van der Waals surface area contributed by atoms with Crippen LogP contribution in [0.2, 0.25) is 5.02 Å². The van der Waals surface area contributed by atoms with Gasteiger partial charge in [-0.1, -0.05) is 23.7 Å². The van der Waals surface area contributed by atoms with Gasteiger partial charge in [-0.25, -0.2) is 4.98 Å². The SMILES string of the molecule is CC(C)N(Cc1nc2ccccc2c(=O)[nH]1)C(=O)c1cc2cc(Cl)ccc2o1. The van der Waals surface area contributed by atoms with Crippen molar-refractivity contribution in [2.45, 2.75) is 26.4 Å². The minimum absolute atomic E-state index is 0.124. The fourth-order valence-corrected chi connectivity index (χ4v) is 3.30. The molecule has 2 aromatic heterocycles. The second kappa shape index (κ2) is 7.13. The number of rotatable bonds is 4. The van der Waals surface area contributed by atoms with Gasteiger partial charge in [0.1, 0.15) is 11.4 Å². The molecule has 0 aliphatic carbocycles. The first-order valence-electron chi connectivity index (χ1n) is 8.90. The van der Waals surface area contributed by atoms with Crippen LogP contribution < -0.4 is 5.56 Å². The summed E-state index contributed by atoms with van der Waals surface area (Å²) < 4.78 is 5.71. The number of carbonyl (C=O) groups excluding carboxylic acids is 1. The minimum atomic E-state index is -0.280. The fourth-order valence-electron chi connectivity index (χ4n) is 3.12. The smallest absolute Gasteiger partial charge is 0.290 e. The van der Waals surface area contributed by atoms with E-state index in [1.807, 2.05) is 19.9 Å². The van der Waals surface area contributed by atoms with Crippen LogP contribution >= 0.6 is 11.6 Å². The summed E-state index contributed by atoms with van der Waals surface area (Å²) in [5, 5.41) is 1.85. The van der Waals surface area contributed by atoms with Crippen molar-refractivity contribution in [3.8, 4) is 0 Å². The Morgan fingerprint density at radius 2 is 2.00 bits per heavy atom. The Labute approximate surface area is 165 Å². The number of halogens is 1. The van der Waals surface area contributed by atoms with Crippen LogP contribution in [0.3, 0.4) is 0 Å². The first kappa shape index (κ1) is 18.3. The van der Waals surface area contributed by atoms with E-state index in [1.54, 1.807) is 47.4 Å². The number of amides is 1. The Hall–Kier alpha value is -3.12. The Bertz CT molecular complexity index is 1240. The minimum Gasteiger partial charge on any atom is -0.451 e. The van der Waals surface area contributed by atoms with Crippen molar-refractivity contribution < 1.29 is 9.21 Å². The predicted molar refractivity (Wildman–Crippen MR) is 109 cm³/mol. The van der Waals surface area contributed by atoms with E-state index < -0.39 is 0 Å². The molecule has 7 heteroatoms. The first-order valence-corrected chi connectivity index (χ1v) is 9.28. The van der Waals surface area contributed by atoms with Crippen molar-refractivity contribution >= 4 is 39.4 Å². The summed E-state index contributed by atoms with van der Waals surface area (Å²) in [5.74, 6) is 0.358. The van der Waals surface area contributed by atoms with Gasteiger partial charge in [0, 0.05) is 16.5 Å². The maximum absolute atomic E-state index is 13.1. The van der Waals surface area contributed by atoms with Gasteiger partial charge >= 0.3 is 0 Å². The lowest BCUT2D eigenvalue weighted by Gasteiger charge is -2.25. The van der Waals surface area contributed by atoms with Crippen molar-refractivity contribution in [2.75, 3.05) is 0 Å². The molecule has 4 aromatic rings. The molecule has 0 saturated heterocycles. The van der Waals surface area contributed by atoms with E-state index in [2.05, 4.69) is 9.97 Å². The zero-order valence-corrected chi connectivity index (χ0v) is 16.2. The molecule has 0 saturated carbocycles. The van der Waals surface area contributed by atoms with Gasteiger partial charge in [-0.3, -0.25) is 9.59 Å². The van der Waals surface area contributed by atoms with Crippen molar-refractivity contribution in [1.29, 1.82) is 0 Å². The van der Waals surface area contributed by atoms with Crippen LogP contribution in [0, 0.1) is 0 Å². The molecule has 1 amide bonds. The Morgan fingerprint density at radius 1 is 1.21 bits per heavy atom. The molecule has 142 valence electrons. The van der Waals surface area contributed by atoms with Gasteiger partial charge in [0.2, 0.25) is 0 Å². The summed E-state index contributed by atoms with van der Waals surface area (Å²) >= 11 is 6.01. The third-order valence-electron chi connectivity index (χ3n) is 4.56. The number of hydrogen-bond acceptors (Lipinski definition) is 4. The maximum Gasteiger partial charge on any atom is 0.290 e. The van der Waals surface area contributed by atoms with Gasteiger partial charge in [0.25, 0.3) is 11.5 Å². The van der Waals surface area contributed by atoms with Crippen molar-refractivity contribution in [2.24, 2.45) is 0 Å². The fraction of sp³-hybridized carbons (Fsp3) is 0.190. The van der Waals surface area contributed by atoms with Crippen LogP contribution in [-0.4, -0.2) is 26.8 Å². The molecule has 2 aromatic carbocycles. The number of aromatic amines is 1. The molecule has 0 aliphatic heterocycles. The second-order valence-corrected chi connectivity index (χ2v) is 7.29. The van der Waals surface area contributed by atoms with E-state index in [-0.39, 0.29) is 29.8 Å². The van der Waals surface area contributed by atoms with Gasteiger partial charge < -0.3 is 14.3 Å². The zero-order valence-electron chi connectivity index (χ0n) is 15.4. The number of hydrogen-bond donors (Lipinski definition) is 1. The van der Waals surface area contributed by atoms with E-state index in [0.29, 0.717) is 27.3 Å². The molecular formula is C21H18ClN3O3. The highest BCUT2D eigenvalue weighted by Crippen LogP contribution is 2.24. The average Bonchev–Trinajstić information content (AvgIpc) is 3.08. The summed E-state index contributed by atoms with van der Waals surface area (Å²) in [6, 6.07) is 13.9. The van der Waals surface area contributed by atoms with Crippen molar-refractivity contribution in [1.82, 2.24) is 14.9 Å².